The fraction of sp³-hybridized carbons (Fsp3) is 0. The van der Waals surface area contributed by atoms with Crippen molar-refractivity contribution in [3.63, 3.8) is 0 Å². The third kappa shape index (κ3) is 1.25. The molecule has 0 radical (unpaired) electrons. The molecule has 0 amide bonds. The highest BCUT2D eigenvalue weighted by molar-refractivity contribution is 6.09. The Morgan fingerprint density at radius 2 is 1.18 bits per heavy atom. The lowest BCUT2D eigenvalue weighted by Gasteiger charge is -2.21. The molecule has 6 N–H and O–H groups in total. The van der Waals surface area contributed by atoms with Crippen molar-refractivity contribution in [2.75, 3.05) is 17.2 Å². The van der Waals surface area contributed by atoms with Crippen molar-refractivity contribution in [3.05, 3.63) is 30.3 Å². The Balaban J connectivity index is 2.48. The molecule has 0 saturated carbocycles. The topological polar surface area (TPSA) is 104 Å². The van der Waals surface area contributed by atoms with Gasteiger partial charge in [-0.1, -0.05) is 30.3 Å². The predicted octanol–water partition coefficient (Wildman–Crippen LogP) is 1.43. The molecule has 0 aromatic rings. The number of nitrogens with zero attached hydrogens (tertiary/aromatic N) is 2. The lowest BCUT2D eigenvalue weighted by Crippen LogP contribution is -2.03. The van der Waals surface area contributed by atoms with Crippen molar-refractivity contribution >= 4 is 17.6 Å². The second-order valence-electron chi connectivity index (χ2n) is 3.84. The van der Waals surface area contributed by atoms with E-state index in [1.54, 1.807) is 0 Å². The third-order valence-corrected chi connectivity index (χ3v) is 2.81. The first kappa shape index (κ1) is 9.65. The zero-order valence-electron chi connectivity index (χ0n) is 9.01. The number of aromatic nitrogens is 2. The predicted molar refractivity (Wildman–Crippen MR) is 68.5 cm³/mol. The molecule has 0 fully saturated rings. The standard InChI is InChI=1S/C12H11N5/c13-10-8-6-4-2-1-3-5-7(6)9(8)11(14)17-12(15)16-10/h1-5H,(H6,13,14,15,16,17). The maximum Gasteiger partial charge on any atom is 0.223 e. The van der Waals surface area contributed by atoms with Crippen molar-refractivity contribution in [2.45, 2.75) is 0 Å². The summed E-state index contributed by atoms with van der Waals surface area (Å²) >= 11 is 0. The van der Waals surface area contributed by atoms with E-state index in [2.05, 4.69) is 9.97 Å². The Morgan fingerprint density at radius 1 is 0.706 bits per heavy atom. The molecule has 0 saturated heterocycles. The van der Waals surface area contributed by atoms with Crippen molar-refractivity contribution in [3.8, 4) is 22.3 Å². The second-order valence-corrected chi connectivity index (χ2v) is 3.84. The lowest BCUT2D eigenvalue weighted by atomic mass is 9.83. The molecule has 1 aliphatic heterocycles. The number of anilines is 3. The fourth-order valence-electron chi connectivity index (χ4n) is 2.11. The summed E-state index contributed by atoms with van der Waals surface area (Å²) in [6.07, 6.45) is 0. The summed E-state index contributed by atoms with van der Waals surface area (Å²) in [4.78, 5) is 7.98. The molecule has 3 aliphatic rings. The minimum Gasteiger partial charge on any atom is -0.383 e. The largest absolute Gasteiger partial charge is 0.383 e. The molecule has 0 aromatic carbocycles. The smallest absolute Gasteiger partial charge is 0.223 e. The van der Waals surface area contributed by atoms with E-state index in [-0.39, 0.29) is 5.95 Å². The highest BCUT2D eigenvalue weighted by Crippen LogP contribution is 2.50. The minimum atomic E-state index is 0.0877. The quantitative estimate of drug-likeness (QED) is 0.537. The Kier molecular flexibility index (Phi) is 1.82. The molecule has 84 valence electrons. The summed E-state index contributed by atoms with van der Waals surface area (Å²) in [5, 5.41) is 0. The van der Waals surface area contributed by atoms with Gasteiger partial charge < -0.3 is 17.2 Å². The van der Waals surface area contributed by atoms with Gasteiger partial charge in [0.1, 0.15) is 11.6 Å². The van der Waals surface area contributed by atoms with E-state index in [0.29, 0.717) is 11.6 Å². The summed E-state index contributed by atoms with van der Waals surface area (Å²) in [5.74, 6) is 0.811. The van der Waals surface area contributed by atoms with E-state index in [4.69, 9.17) is 17.2 Å². The molecular weight excluding hydrogens is 214 g/mol. The molecule has 0 atom stereocenters. The number of fused-ring (bicyclic) bond motifs is 4. The van der Waals surface area contributed by atoms with Gasteiger partial charge in [0, 0.05) is 11.1 Å². The van der Waals surface area contributed by atoms with Crippen molar-refractivity contribution in [2.24, 2.45) is 0 Å². The van der Waals surface area contributed by atoms with E-state index in [1.165, 1.54) is 0 Å². The highest BCUT2D eigenvalue weighted by Gasteiger charge is 2.27. The lowest BCUT2D eigenvalue weighted by molar-refractivity contribution is 1.26. The van der Waals surface area contributed by atoms with Crippen molar-refractivity contribution in [1.29, 1.82) is 0 Å². The van der Waals surface area contributed by atoms with Crippen molar-refractivity contribution in [1.82, 2.24) is 9.97 Å². The SMILES string of the molecule is Nc1nc(N)c2c3cccccc-3c-2c(N)n1. The van der Waals surface area contributed by atoms with E-state index in [1.807, 2.05) is 30.3 Å². The van der Waals surface area contributed by atoms with E-state index >= 15 is 0 Å². The summed E-state index contributed by atoms with van der Waals surface area (Å²) in [5.41, 5.74) is 21.1. The Morgan fingerprint density at radius 3 is 1.65 bits per heavy atom. The first-order valence-corrected chi connectivity index (χ1v) is 5.17. The highest BCUT2D eigenvalue weighted by atomic mass is 15.1. The molecule has 3 rings (SSSR count). The minimum absolute atomic E-state index is 0.0877. The van der Waals surface area contributed by atoms with Crippen LogP contribution in [0.15, 0.2) is 30.3 Å². The second kappa shape index (κ2) is 3.21. The number of rotatable bonds is 0. The number of nitrogen functional groups attached to an aromatic ring is 3. The number of hydrogen-bond acceptors (Lipinski definition) is 5. The first-order valence-electron chi connectivity index (χ1n) is 5.17. The molecule has 0 aromatic heterocycles. The van der Waals surface area contributed by atoms with Gasteiger partial charge >= 0.3 is 0 Å². The van der Waals surface area contributed by atoms with Crippen LogP contribution in [-0.4, -0.2) is 9.97 Å². The van der Waals surface area contributed by atoms with Gasteiger partial charge in [0.05, 0.1) is 0 Å². The maximum absolute atomic E-state index is 5.89. The first-order chi connectivity index (χ1) is 8.18. The summed E-state index contributed by atoms with van der Waals surface area (Å²) in [6.45, 7) is 0. The van der Waals surface area contributed by atoms with Crippen LogP contribution < -0.4 is 17.2 Å². The maximum atomic E-state index is 5.89. The van der Waals surface area contributed by atoms with E-state index < -0.39 is 0 Å². The molecule has 5 nitrogen and oxygen atoms in total. The van der Waals surface area contributed by atoms with E-state index in [0.717, 1.165) is 22.3 Å². The average Bonchev–Trinajstić information content (AvgIpc) is 2.45. The van der Waals surface area contributed by atoms with Crippen LogP contribution in [0, 0.1) is 0 Å². The zero-order valence-corrected chi connectivity index (χ0v) is 9.01. The molecule has 1 heterocycles. The monoisotopic (exact) mass is 225 g/mol. The number of nitrogens with two attached hydrogens (primary N) is 3. The van der Waals surface area contributed by atoms with Crippen LogP contribution in [0.5, 0.6) is 0 Å². The Labute approximate surface area is 98.0 Å². The van der Waals surface area contributed by atoms with Crippen LogP contribution in [0.3, 0.4) is 0 Å². The van der Waals surface area contributed by atoms with Gasteiger partial charge in [-0.25, -0.2) is 0 Å². The van der Waals surface area contributed by atoms with Crippen LogP contribution in [-0.2, 0) is 0 Å². The van der Waals surface area contributed by atoms with Crippen LogP contribution in [0.4, 0.5) is 17.6 Å². The van der Waals surface area contributed by atoms with E-state index in [9.17, 15) is 0 Å². The molecule has 17 heavy (non-hydrogen) atoms. The van der Waals surface area contributed by atoms with Gasteiger partial charge in [-0.2, -0.15) is 9.97 Å². The van der Waals surface area contributed by atoms with Crippen molar-refractivity contribution < 1.29 is 0 Å². The molecule has 0 unspecified atom stereocenters. The Bertz CT molecular complexity index is 596. The molecule has 5 heteroatoms. The van der Waals surface area contributed by atoms with Gasteiger partial charge in [-0.15, -0.1) is 0 Å². The van der Waals surface area contributed by atoms with Crippen LogP contribution >= 0.6 is 0 Å². The van der Waals surface area contributed by atoms with Gasteiger partial charge in [-0.3, -0.25) is 0 Å². The Hall–Kier alpha value is -2.56. The van der Waals surface area contributed by atoms with Crippen LogP contribution in [0.2, 0.25) is 0 Å². The number of hydrogen-bond donors (Lipinski definition) is 3. The van der Waals surface area contributed by atoms with Gasteiger partial charge in [0.15, 0.2) is 0 Å². The van der Waals surface area contributed by atoms with Crippen LogP contribution in [0.1, 0.15) is 0 Å². The molecule has 2 aliphatic carbocycles. The summed E-state index contributed by atoms with van der Waals surface area (Å²) in [6, 6.07) is 9.79. The molecular formula is C12H11N5. The van der Waals surface area contributed by atoms with Gasteiger partial charge in [-0.05, 0) is 11.1 Å². The van der Waals surface area contributed by atoms with Gasteiger partial charge in [0.2, 0.25) is 5.95 Å². The fourth-order valence-corrected chi connectivity index (χ4v) is 2.11. The molecule has 0 spiro atoms. The summed E-state index contributed by atoms with van der Waals surface area (Å²) in [7, 11) is 0. The van der Waals surface area contributed by atoms with Gasteiger partial charge in [0.25, 0.3) is 0 Å². The summed E-state index contributed by atoms with van der Waals surface area (Å²) < 4.78 is 0. The normalized spacial score (nSPS) is 11.1. The molecule has 0 bridgehead atoms. The third-order valence-electron chi connectivity index (χ3n) is 2.81. The average molecular weight is 225 g/mol. The van der Waals surface area contributed by atoms with Crippen LogP contribution in [0.25, 0.3) is 22.3 Å². The zero-order chi connectivity index (χ0) is 12.0.